The first-order valence-corrected chi connectivity index (χ1v) is 9.68. The summed E-state index contributed by atoms with van der Waals surface area (Å²) in [6, 6.07) is 6.18. The van der Waals surface area contributed by atoms with E-state index in [4.69, 9.17) is 5.73 Å². The fourth-order valence-electron chi connectivity index (χ4n) is 3.42. The lowest BCUT2D eigenvalue weighted by molar-refractivity contribution is -0.139. The highest BCUT2D eigenvalue weighted by Gasteiger charge is 2.30. The Hall–Kier alpha value is -1.35. The number of aliphatic imine (C=N–C) groups is 1. The molecule has 1 aliphatic carbocycles. The van der Waals surface area contributed by atoms with Crippen LogP contribution in [0.1, 0.15) is 30.4 Å². The number of nitrogens with one attached hydrogen (secondary N) is 1. The van der Waals surface area contributed by atoms with Crippen LogP contribution in [-0.2, 0) is 4.79 Å². The minimum atomic E-state index is 0. The Morgan fingerprint density at radius 2 is 1.89 bits per heavy atom. The molecule has 1 saturated carbocycles. The first kappa shape index (κ1) is 21.9. The molecule has 1 amide bonds. The van der Waals surface area contributed by atoms with Crippen LogP contribution in [0, 0.1) is 19.8 Å². The third kappa shape index (κ3) is 6.07. The maximum absolute atomic E-state index is 12.3. The molecule has 7 heteroatoms. The lowest BCUT2D eigenvalue weighted by Gasteiger charge is -2.38. The summed E-state index contributed by atoms with van der Waals surface area (Å²) < 4.78 is 0. The summed E-state index contributed by atoms with van der Waals surface area (Å²) in [6.45, 7) is 9.27. The molecule has 1 saturated heterocycles. The number of hydrogen-bond acceptors (Lipinski definition) is 3. The Balaban J connectivity index is 0.00000261. The molecule has 0 atom stereocenters. The van der Waals surface area contributed by atoms with E-state index >= 15 is 0 Å². The molecule has 0 aromatic heterocycles. The number of anilines is 1. The van der Waals surface area contributed by atoms with Gasteiger partial charge in [-0.25, -0.2) is 0 Å². The van der Waals surface area contributed by atoms with Gasteiger partial charge < -0.3 is 16.0 Å². The van der Waals surface area contributed by atoms with E-state index in [1.807, 2.05) is 11.0 Å². The predicted octanol–water partition coefficient (Wildman–Crippen LogP) is 2.59. The molecule has 0 spiro atoms. The quantitative estimate of drug-likeness (QED) is 0.382. The van der Waals surface area contributed by atoms with Gasteiger partial charge in [-0.2, -0.15) is 0 Å². The molecule has 2 fully saturated rings. The standard InChI is InChI=1S/C20H31N5O.HI/c1-15-6-7-18(14-16(15)2)23-20(21)22-8-9-24-10-12-25(13-11-24)19(26)17-4-3-5-17;/h6-7,14,17H,3-5,8-13H2,1-2H3,(H3,21,22,23);1H. The van der Waals surface area contributed by atoms with Crippen LogP contribution in [0.5, 0.6) is 0 Å². The van der Waals surface area contributed by atoms with Crippen molar-refractivity contribution in [1.29, 1.82) is 0 Å². The number of nitrogens with two attached hydrogens (primary N) is 1. The molecule has 0 unspecified atom stereocenters. The largest absolute Gasteiger partial charge is 0.370 e. The molecule has 1 heterocycles. The van der Waals surface area contributed by atoms with Crippen molar-refractivity contribution in [3.8, 4) is 0 Å². The van der Waals surface area contributed by atoms with Crippen LogP contribution in [-0.4, -0.2) is 60.9 Å². The van der Waals surface area contributed by atoms with Gasteiger partial charge >= 0.3 is 0 Å². The van der Waals surface area contributed by atoms with Crippen LogP contribution in [0.3, 0.4) is 0 Å². The first-order valence-electron chi connectivity index (χ1n) is 9.68. The zero-order valence-corrected chi connectivity index (χ0v) is 18.7. The van der Waals surface area contributed by atoms with Crippen molar-refractivity contribution < 1.29 is 4.79 Å². The molecule has 1 aromatic rings. The van der Waals surface area contributed by atoms with Crippen LogP contribution in [0.2, 0.25) is 0 Å². The number of nitrogens with zero attached hydrogens (tertiary/aromatic N) is 3. The van der Waals surface area contributed by atoms with Crippen LogP contribution in [0.15, 0.2) is 23.2 Å². The van der Waals surface area contributed by atoms with E-state index in [1.165, 1.54) is 17.5 Å². The van der Waals surface area contributed by atoms with E-state index in [0.29, 0.717) is 24.3 Å². The number of guanidine groups is 1. The van der Waals surface area contributed by atoms with E-state index < -0.39 is 0 Å². The van der Waals surface area contributed by atoms with E-state index in [0.717, 1.165) is 51.3 Å². The number of piperazine rings is 1. The van der Waals surface area contributed by atoms with E-state index in [-0.39, 0.29) is 24.0 Å². The van der Waals surface area contributed by atoms with E-state index in [9.17, 15) is 4.79 Å². The molecular formula is C20H32IN5O. The van der Waals surface area contributed by atoms with Crippen molar-refractivity contribution in [1.82, 2.24) is 9.80 Å². The third-order valence-electron chi connectivity index (χ3n) is 5.62. The van der Waals surface area contributed by atoms with Crippen molar-refractivity contribution in [3.63, 3.8) is 0 Å². The number of hydrogen-bond donors (Lipinski definition) is 2. The van der Waals surface area contributed by atoms with Gasteiger partial charge in [-0.15, -0.1) is 24.0 Å². The summed E-state index contributed by atoms with van der Waals surface area (Å²) in [5, 5.41) is 3.15. The minimum Gasteiger partial charge on any atom is -0.370 e. The number of rotatable bonds is 5. The van der Waals surface area contributed by atoms with Crippen molar-refractivity contribution in [2.75, 3.05) is 44.6 Å². The molecule has 0 bridgehead atoms. The Bertz CT molecular complexity index is 666. The first-order chi connectivity index (χ1) is 12.5. The normalized spacial score (nSPS) is 18.6. The van der Waals surface area contributed by atoms with Gasteiger partial charge in [0.2, 0.25) is 5.91 Å². The molecule has 1 aromatic carbocycles. The van der Waals surface area contributed by atoms with E-state index in [2.05, 4.69) is 41.2 Å². The number of halogens is 1. The zero-order valence-electron chi connectivity index (χ0n) is 16.4. The number of benzene rings is 1. The minimum absolute atomic E-state index is 0. The Kier molecular flexibility index (Phi) is 8.34. The second-order valence-corrected chi connectivity index (χ2v) is 7.49. The van der Waals surface area contributed by atoms with Crippen molar-refractivity contribution in [2.45, 2.75) is 33.1 Å². The van der Waals surface area contributed by atoms with Crippen molar-refractivity contribution in [2.24, 2.45) is 16.6 Å². The Morgan fingerprint density at radius 1 is 1.19 bits per heavy atom. The van der Waals surface area contributed by atoms with Gasteiger partial charge in [-0.05, 0) is 49.9 Å². The predicted molar refractivity (Wildman–Crippen MR) is 122 cm³/mol. The van der Waals surface area contributed by atoms with Gasteiger partial charge in [0.25, 0.3) is 0 Å². The highest BCUT2D eigenvalue weighted by atomic mass is 127. The summed E-state index contributed by atoms with van der Waals surface area (Å²) in [7, 11) is 0. The second-order valence-electron chi connectivity index (χ2n) is 7.49. The molecule has 0 radical (unpaired) electrons. The highest BCUT2D eigenvalue weighted by Crippen LogP contribution is 2.28. The average Bonchev–Trinajstić information content (AvgIpc) is 2.57. The van der Waals surface area contributed by atoms with Crippen molar-refractivity contribution in [3.05, 3.63) is 29.3 Å². The smallest absolute Gasteiger partial charge is 0.225 e. The molecule has 2 aliphatic rings. The lowest BCUT2D eigenvalue weighted by Crippen LogP contribution is -2.51. The summed E-state index contributed by atoms with van der Waals surface area (Å²) in [5.74, 6) is 1.13. The molecule has 3 rings (SSSR count). The average molecular weight is 485 g/mol. The number of amides is 1. The number of aryl methyl sites for hydroxylation is 2. The second kappa shape index (κ2) is 10.3. The van der Waals surface area contributed by atoms with Gasteiger partial charge in [0, 0.05) is 44.3 Å². The number of carbonyl (C=O) groups is 1. The summed E-state index contributed by atoms with van der Waals surface area (Å²) in [5.41, 5.74) is 9.46. The zero-order chi connectivity index (χ0) is 18.5. The Morgan fingerprint density at radius 3 is 2.48 bits per heavy atom. The van der Waals surface area contributed by atoms with Crippen LogP contribution >= 0.6 is 24.0 Å². The third-order valence-corrected chi connectivity index (χ3v) is 5.62. The van der Waals surface area contributed by atoms with E-state index in [1.54, 1.807) is 0 Å². The summed E-state index contributed by atoms with van der Waals surface area (Å²) in [6.07, 6.45) is 3.38. The fourth-order valence-corrected chi connectivity index (χ4v) is 3.42. The summed E-state index contributed by atoms with van der Waals surface area (Å²) in [4.78, 5) is 21.1. The lowest BCUT2D eigenvalue weighted by atomic mass is 9.84. The molecule has 1 aliphatic heterocycles. The maximum Gasteiger partial charge on any atom is 0.225 e. The molecular weight excluding hydrogens is 453 g/mol. The van der Waals surface area contributed by atoms with Gasteiger partial charge in [-0.1, -0.05) is 12.5 Å². The number of carbonyl (C=O) groups excluding carboxylic acids is 1. The van der Waals surface area contributed by atoms with Gasteiger partial charge in [0.05, 0.1) is 6.54 Å². The highest BCUT2D eigenvalue weighted by molar-refractivity contribution is 14.0. The Labute approximate surface area is 179 Å². The van der Waals surface area contributed by atoms with Crippen LogP contribution in [0.4, 0.5) is 5.69 Å². The molecule has 150 valence electrons. The summed E-state index contributed by atoms with van der Waals surface area (Å²) >= 11 is 0. The SMILES string of the molecule is Cc1ccc(NC(N)=NCCN2CCN(C(=O)C3CCC3)CC2)cc1C.I. The van der Waals surface area contributed by atoms with Crippen LogP contribution < -0.4 is 11.1 Å². The fraction of sp³-hybridized carbons (Fsp3) is 0.600. The van der Waals surface area contributed by atoms with Gasteiger partial charge in [0.1, 0.15) is 0 Å². The van der Waals surface area contributed by atoms with Gasteiger partial charge in [0.15, 0.2) is 5.96 Å². The molecule has 3 N–H and O–H groups in total. The van der Waals surface area contributed by atoms with Crippen molar-refractivity contribution >= 4 is 41.5 Å². The topological polar surface area (TPSA) is 74.0 Å². The van der Waals surface area contributed by atoms with Gasteiger partial charge in [-0.3, -0.25) is 14.7 Å². The van der Waals surface area contributed by atoms with Crippen LogP contribution in [0.25, 0.3) is 0 Å². The molecule has 6 nitrogen and oxygen atoms in total. The maximum atomic E-state index is 12.3. The monoisotopic (exact) mass is 485 g/mol. The molecule has 27 heavy (non-hydrogen) atoms.